The van der Waals surface area contributed by atoms with Gasteiger partial charge in [-0.1, -0.05) is 47.5 Å². The number of benzene rings is 2. The highest BCUT2D eigenvalue weighted by Crippen LogP contribution is 2.27. The first-order valence-electron chi connectivity index (χ1n) is 9.63. The molecule has 1 heterocycles. The van der Waals surface area contributed by atoms with Crippen molar-refractivity contribution < 1.29 is 13.6 Å². The summed E-state index contributed by atoms with van der Waals surface area (Å²) in [5, 5.41) is 3.86. The molecule has 8 heteroatoms. The van der Waals surface area contributed by atoms with E-state index in [4.69, 9.17) is 27.6 Å². The standard InChI is InChI=1S/C22H20Cl2FN3O2/c23-18-3-1-2-15(21(18)24)11-28(10-14-4-6-16(25)7-5-14)12-20-27-19(13-30-20)22(29)26-17-8-9-17/h1-7,13,17H,8-12H2,(H,26,29). The Hall–Kier alpha value is -2.41. The predicted molar refractivity (Wildman–Crippen MR) is 113 cm³/mol. The zero-order valence-electron chi connectivity index (χ0n) is 16.1. The van der Waals surface area contributed by atoms with Crippen LogP contribution in [0.15, 0.2) is 53.1 Å². The van der Waals surface area contributed by atoms with Gasteiger partial charge in [0.1, 0.15) is 12.1 Å². The third kappa shape index (κ3) is 5.39. The van der Waals surface area contributed by atoms with Gasteiger partial charge < -0.3 is 9.73 Å². The molecule has 1 saturated carbocycles. The number of nitrogens with zero attached hydrogens (tertiary/aromatic N) is 2. The molecule has 0 spiro atoms. The minimum Gasteiger partial charge on any atom is -0.447 e. The third-order valence-corrected chi connectivity index (χ3v) is 5.66. The number of carbonyl (C=O) groups excluding carboxylic acids is 1. The van der Waals surface area contributed by atoms with Crippen LogP contribution in [0.2, 0.25) is 10.0 Å². The summed E-state index contributed by atoms with van der Waals surface area (Å²) < 4.78 is 18.8. The van der Waals surface area contributed by atoms with E-state index in [0.717, 1.165) is 24.0 Å². The van der Waals surface area contributed by atoms with Crippen molar-refractivity contribution in [2.24, 2.45) is 0 Å². The molecule has 3 aromatic rings. The summed E-state index contributed by atoms with van der Waals surface area (Å²) in [6, 6.07) is 12.0. The highest BCUT2D eigenvalue weighted by atomic mass is 35.5. The summed E-state index contributed by atoms with van der Waals surface area (Å²) in [5.41, 5.74) is 2.04. The molecule has 1 fully saturated rings. The molecule has 30 heavy (non-hydrogen) atoms. The molecule has 156 valence electrons. The average Bonchev–Trinajstić information content (AvgIpc) is 3.41. The smallest absolute Gasteiger partial charge is 0.273 e. The summed E-state index contributed by atoms with van der Waals surface area (Å²) in [7, 11) is 0. The van der Waals surface area contributed by atoms with Gasteiger partial charge in [0.25, 0.3) is 5.91 Å². The maximum absolute atomic E-state index is 13.3. The van der Waals surface area contributed by atoms with E-state index in [1.807, 2.05) is 17.0 Å². The normalized spacial score (nSPS) is 13.6. The van der Waals surface area contributed by atoms with Gasteiger partial charge in [0, 0.05) is 19.1 Å². The van der Waals surface area contributed by atoms with Crippen molar-refractivity contribution in [3.63, 3.8) is 0 Å². The molecule has 2 aromatic carbocycles. The van der Waals surface area contributed by atoms with Crippen molar-refractivity contribution in [3.05, 3.63) is 87.3 Å². The van der Waals surface area contributed by atoms with Gasteiger partial charge in [-0.15, -0.1) is 0 Å². The van der Waals surface area contributed by atoms with E-state index in [2.05, 4.69) is 10.3 Å². The second-order valence-corrected chi connectivity index (χ2v) is 8.14. The number of halogens is 3. The monoisotopic (exact) mass is 447 g/mol. The Kier molecular flexibility index (Phi) is 6.37. The fourth-order valence-electron chi connectivity index (χ4n) is 3.09. The molecule has 5 nitrogen and oxygen atoms in total. The van der Waals surface area contributed by atoms with E-state index in [0.29, 0.717) is 35.6 Å². The largest absolute Gasteiger partial charge is 0.447 e. The first-order valence-corrected chi connectivity index (χ1v) is 10.4. The fraction of sp³-hybridized carbons (Fsp3) is 0.273. The van der Waals surface area contributed by atoms with Crippen LogP contribution in [-0.4, -0.2) is 21.8 Å². The number of nitrogens with one attached hydrogen (secondary N) is 1. The van der Waals surface area contributed by atoms with E-state index >= 15 is 0 Å². The Morgan fingerprint density at radius 1 is 1.13 bits per heavy atom. The zero-order valence-corrected chi connectivity index (χ0v) is 17.6. The van der Waals surface area contributed by atoms with Gasteiger partial charge in [-0.3, -0.25) is 9.69 Å². The van der Waals surface area contributed by atoms with Gasteiger partial charge in [-0.2, -0.15) is 0 Å². The van der Waals surface area contributed by atoms with Crippen molar-refractivity contribution >= 4 is 29.1 Å². The Labute approximate surface area is 183 Å². The lowest BCUT2D eigenvalue weighted by Gasteiger charge is -2.22. The summed E-state index contributed by atoms with van der Waals surface area (Å²) in [6.45, 7) is 1.33. The van der Waals surface area contributed by atoms with Crippen LogP contribution in [0.25, 0.3) is 0 Å². The minimum absolute atomic E-state index is 0.226. The molecule has 0 atom stereocenters. The van der Waals surface area contributed by atoms with Gasteiger partial charge in [-0.05, 0) is 42.2 Å². The molecule has 0 aliphatic heterocycles. The van der Waals surface area contributed by atoms with Gasteiger partial charge in [0.05, 0.1) is 16.6 Å². The number of oxazole rings is 1. The Bertz CT molecular complexity index is 1040. The van der Waals surface area contributed by atoms with Crippen LogP contribution in [-0.2, 0) is 19.6 Å². The van der Waals surface area contributed by atoms with E-state index in [1.165, 1.54) is 18.4 Å². The fourth-order valence-corrected chi connectivity index (χ4v) is 3.47. The topological polar surface area (TPSA) is 58.4 Å². The first kappa shape index (κ1) is 20.8. The average molecular weight is 448 g/mol. The van der Waals surface area contributed by atoms with Crippen molar-refractivity contribution in [2.45, 2.75) is 38.5 Å². The number of hydrogen-bond acceptors (Lipinski definition) is 4. The maximum atomic E-state index is 13.3. The van der Waals surface area contributed by atoms with Crippen molar-refractivity contribution in [1.82, 2.24) is 15.2 Å². The highest BCUT2D eigenvalue weighted by molar-refractivity contribution is 6.42. The molecule has 4 rings (SSSR count). The molecule has 1 aromatic heterocycles. The molecule has 1 aliphatic carbocycles. The Balaban J connectivity index is 1.51. The van der Waals surface area contributed by atoms with Gasteiger partial charge in [0.2, 0.25) is 5.89 Å². The van der Waals surface area contributed by atoms with Crippen LogP contribution >= 0.6 is 23.2 Å². The van der Waals surface area contributed by atoms with Gasteiger partial charge >= 0.3 is 0 Å². The van der Waals surface area contributed by atoms with Crippen molar-refractivity contribution in [3.8, 4) is 0 Å². The first-order chi connectivity index (χ1) is 14.5. The number of rotatable bonds is 8. The van der Waals surface area contributed by atoms with Crippen molar-refractivity contribution in [2.75, 3.05) is 0 Å². The summed E-state index contributed by atoms with van der Waals surface area (Å²) in [4.78, 5) is 18.5. The predicted octanol–water partition coefficient (Wildman–Crippen LogP) is 5.22. The molecular weight excluding hydrogens is 428 g/mol. The summed E-state index contributed by atoms with van der Waals surface area (Å²) in [5.74, 6) is -0.103. The molecule has 0 bridgehead atoms. The number of aromatic nitrogens is 1. The van der Waals surface area contributed by atoms with Crippen LogP contribution in [0.4, 0.5) is 4.39 Å². The minimum atomic E-state index is -0.290. The van der Waals surface area contributed by atoms with Gasteiger partial charge in [0.15, 0.2) is 5.69 Å². The lowest BCUT2D eigenvalue weighted by atomic mass is 10.1. The van der Waals surface area contributed by atoms with E-state index in [-0.39, 0.29) is 23.5 Å². The molecule has 0 radical (unpaired) electrons. The van der Waals surface area contributed by atoms with E-state index < -0.39 is 0 Å². The summed E-state index contributed by atoms with van der Waals surface area (Å²) >= 11 is 12.5. The molecule has 1 amide bonds. The number of hydrogen-bond donors (Lipinski definition) is 1. The van der Waals surface area contributed by atoms with Gasteiger partial charge in [-0.25, -0.2) is 9.37 Å². The van der Waals surface area contributed by atoms with Crippen molar-refractivity contribution in [1.29, 1.82) is 0 Å². The molecular formula is C22H20Cl2FN3O2. The lowest BCUT2D eigenvalue weighted by molar-refractivity contribution is 0.0946. The van der Waals surface area contributed by atoms with Crippen LogP contribution in [0.5, 0.6) is 0 Å². The molecule has 0 unspecified atom stereocenters. The SMILES string of the molecule is O=C(NC1CC1)c1coc(CN(Cc2ccc(F)cc2)Cc2cccc(Cl)c2Cl)n1. The molecule has 1 aliphatic rings. The quantitative estimate of drug-likeness (QED) is 0.514. The lowest BCUT2D eigenvalue weighted by Crippen LogP contribution is -2.26. The van der Waals surface area contributed by atoms with Crippen LogP contribution < -0.4 is 5.32 Å². The molecule has 1 N–H and O–H groups in total. The molecule has 0 saturated heterocycles. The van der Waals surface area contributed by atoms with Crippen LogP contribution in [0.1, 0.15) is 40.3 Å². The van der Waals surface area contributed by atoms with E-state index in [1.54, 1.807) is 18.2 Å². The Morgan fingerprint density at radius 3 is 2.63 bits per heavy atom. The maximum Gasteiger partial charge on any atom is 0.273 e. The second kappa shape index (κ2) is 9.16. The zero-order chi connectivity index (χ0) is 21.1. The third-order valence-electron chi connectivity index (χ3n) is 4.80. The Morgan fingerprint density at radius 2 is 1.90 bits per heavy atom. The number of carbonyl (C=O) groups is 1. The van der Waals surface area contributed by atoms with E-state index in [9.17, 15) is 9.18 Å². The van der Waals surface area contributed by atoms with Crippen LogP contribution in [0, 0.1) is 5.82 Å². The number of amides is 1. The second-order valence-electron chi connectivity index (χ2n) is 7.36. The summed E-state index contributed by atoms with van der Waals surface area (Å²) in [6.07, 6.45) is 3.38. The van der Waals surface area contributed by atoms with Crippen LogP contribution in [0.3, 0.4) is 0 Å². The highest BCUT2D eigenvalue weighted by Gasteiger charge is 2.25.